The van der Waals surface area contributed by atoms with Crippen LogP contribution in [0.15, 0.2) is 42.5 Å². The lowest BCUT2D eigenvalue weighted by Crippen LogP contribution is -2.46. The van der Waals surface area contributed by atoms with Crippen molar-refractivity contribution in [3.63, 3.8) is 0 Å². The van der Waals surface area contributed by atoms with Gasteiger partial charge in [-0.25, -0.2) is 4.98 Å². The predicted molar refractivity (Wildman–Crippen MR) is 122 cm³/mol. The average Bonchev–Trinajstić information content (AvgIpc) is 3.25. The second-order valence-electron chi connectivity index (χ2n) is 7.67. The maximum atomic E-state index is 6.22. The van der Waals surface area contributed by atoms with E-state index in [4.69, 9.17) is 10.5 Å². The van der Waals surface area contributed by atoms with Gasteiger partial charge in [-0.15, -0.1) is 0 Å². The Morgan fingerprint density at radius 2 is 1.83 bits per heavy atom. The molecule has 0 spiro atoms. The molecule has 0 amide bonds. The maximum absolute atomic E-state index is 6.22. The van der Waals surface area contributed by atoms with E-state index in [2.05, 4.69) is 56.2 Å². The van der Waals surface area contributed by atoms with Crippen molar-refractivity contribution in [2.24, 2.45) is 0 Å². The van der Waals surface area contributed by atoms with Crippen molar-refractivity contribution in [3.8, 4) is 17.0 Å². The highest BCUT2D eigenvalue weighted by Crippen LogP contribution is 2.36. The number of nitrogens with two attached hydrogens (primary N) is 1. The van der Waals surface area contributed by atoms with E-state index in [-0.39, 0.29) is 0 Å². The van der Waals surface area contributed by atoms with Crippen LogP contribution < -0.4 is 15.4 Å². The van der Waals surface area contributed by atoms with E-state index in [1.54, 1.807) is 7.11 Å². The van der Waals surface area contributed by atoms with Crippen LogP contribution in [0.4, 0.5) is 11.5 Å². The number of piperazine rings is 1. The monoisotopic (exact) mass is 402 g/mol. The van der Waals surface area contributed by atoms with Crippen LogP contribution >= 0.6 is 0 Å². The largest absolute Gasteiger partial charge is 0.497 e. The molecular weight excluding hydrogens is 376 g/mol. The standard InChI is InChI=1S/C23H26N6O/c1-3-28-10-12-29(13-11-28)16-6-4-15(5-7-16)21-20-18-9-8-17(30-2)14-19(18)25-23(24)22(20)27-26-21/h4-9,14H,3,10-13H2,1-2H3,(H2,24,25)(H,26,27). The molecule has 3 N–H and O–H groups in total. The first kappa shape index (κ1) is 18.7. The summed E-state index contributed by atoms with van der Waals surface area (Å²) in [6.07, 6.45) is 0. The molecule has 7 heteroatoms. The van der Waals surface area contributed by atoms with E-state index in [0.717, 1.165) is 71.5 Å². The highest BCUT2D eigenvalue weighted by atomic mass is 16.5. The molecule has 0 unspecified atom stereocenters. The van der Waals surface area contributed by atoms with Crippen molar-refractivity contribution in [1.82, 2.24) is 20.1 Å². The molecule has 4 aromatic rings. The van der Waals surface area contributed by atoms with Crippen LogP contribution in [-0.2, 0) is 0 Å². The summed E-state index contributed by atoms with van der Waals surface area (Å²) in [6, 6.07) is 14.5. The number of nitrogen functional groups attached to an aromatic ring is 1. The van der Waals surface area contributed by atoms with Crippen LogP contribution in [0.2, 0.25) is 0 Å². The normalized spacial score (nSPS) is 15.2. The van der Waals surface area contributed by atoms with E-state index < -0.39 is 0 Å². The maximum Gasteiger partial charge on any atom is 0.150 e. The van der Waals surface area contributed by atoms with Gasteiger partial charge >= 0.3 is 0 Å². The minimum absolute atomic E-state index is 0.440. The highest BCUT2D eigenvalue weighted by Gasteiger charge is 2.18. The summed E-state index contributed by atoms with van der Waals surface area (Å²) in [6.45, 7) is 7.70. The van der Waals surface area contributed by atoms with Crippen LogP contribution in [0.25, 0.3) is 33.1 Å². The lowest BCUT2D eigenvalue weighted by molar-refractivity contribution is 0.271. The smallest absolute Gasteiger partial charge is 0.150 e. The number of methoxy groups -OCH3 is 1. The molecule has 3 heterocycles. The number of hydrogen-bond acceptors (Lipinski definition) is 6. The number of fused-ring (bicyclic) bond motifs is 3. The Labute approximate surface area is 175 Å². The third-order valence-corrected chi connectivity index (χ3v) is 6.06. The molecule has 1 fully saturated rings. The number of ether oxygens (including phenoxy) is 1. The molecule has 0 radical (unpaired) electrons. The van der Waals surface area contributed by atoms with Gasteiger partial charge in [0, 0.05) is 54.3 Å². The lowest BCUT2D eigenvalue weighted by Gasteiger charge is -2.35. The SMILES string of the molecule is CCN1CCN(c2ccc(-c3n[nH]c4c(N)nc5cc(OC)ccc5c34)cc2)CC1. The van der Waals surface area contributed by atoms with Crippen molar-refractivity contribution in [3.05, 3.63) is 42.5 Å². The fraction of sp³-hybridized carbons (Fsp3) is 0.304. The van der Waals surface area contributed by atoms with Gasteiger partial charge in [-0.1, -0.05) is 19.1 Å². The van der Waals surface area contributed by atoms with Gasteiger partial charge in [0.25, 0.3) is 0 Å². The topological polar surface area (TPSA) is 83.3 Å². The van der Waals surface area contributed by atoms with Crippen LogP contribution in [-0.4, -0.2) is 59.9 Å². The van der Waals surface area contributed by atoms with Gasteiger partial charge in [0.1, 0.15) is 22.8 Å². The predicted octanol–water partition coefficient (Wildman–Crippen LogP) is 3.51. The quantitative estimate of drug-likeness (QED) is 0.544. The molecule has 30 heavy (non-hydrogen) atoms. The van der Waals surface area contributed by atoms with Crippen molar-refractivity contribution >= 4 is 33.3 Å². The Bertz CT molecular complexity index is 1190. The zero-order valence-corrected chi connectivity index (χ0v) is 17.4. The number of aromatic amines is 1. The molecule has 0 atom stereocenters. The number of nitrogens with one attached hydrogen (secondary N) is 1. The number of rotatable bonds is 4. The molecule has 0 bridgehead atoms. The summed E-state index contributed by atoms with van der Waals surface area (Å²) >= 11 is 0. The fourth-order valence-electron chi connectivity index (χ4n) is 4.28. The Balaban J connectivity index is 1.53. The lowest BCUT2D eigenvalue weighted by atomic mass is 10.0. The summed E-state index contributed by atoms with van der Waals surface area (Å²) in [5.41, 5.74) is 11.0. The molecule has 0 saturated carbocycles. The van der Waals surface area contributed by atoms with Gasteiger partial charge < -0.3 is 20.3 Å². The summed E-state index contributed by atoms with van der Waals surface area (Å²) in [4.78, 5) is 9.46. The third kappa shape index (κ3) is 3.11. The number of benzene rings is 2. The molecule has 2 aromatic carbocycles. The molecule has 0 aliphatic carbocycles. The Hall–Kier alpha value is -3.32. The molecule has 5 rings (SSSR count). The Kier molecular flexibility index (Phi) is 4.67. The molecule has 7 nitrogen and oxygen atoms in total. The molecule has 1 aliphatic heterocycles. The molecule has 1 saturated heterocycles. The zero-order valence-electron chi connectivity index (χ0n) is 17.4. The van der Waals surface area contributed by atoms with E-state index in [1.165, 1.54) is 5.69 Å². The van der Waals surface area contributed by atoms with Gasteiger partial charge in [-0.3, -0.25) is 5.10 Å². The van der Waals surface area contributed by atoms with E-state index in [0.29, 0.717) is 5.82 Å². The average molecular weight is 403 g/mol. The number of anilines is 2. The fourth-order valence-corrected chi connectivity index (χ4v) is 4.28. The Morgan fingerprint density at radius 1 is 1.07 bits per heavy atom. The molecule has 1 aliphatic rings. The number of H-pyrrole nitrogens is 1. The Morgan fingerprint density at radius 3 is 2.53 bits per heavy atom. The summed E-state index contributed by atoms with van der Waals surface area (Å²) in [5, 5.41) is 9.66. The summed E-state index contributed by atoms with van der Waals surface area (Å²) in [5.74, 6) is 1.20. The van der Waals surface area contributed by atoms with Crippen LogP contribution in [0, 0.1) is 0 Å². The van der Waals surface area contributed by atoms with Crippen LogP contribution in [0.3, 0.4) is 0 Å². The van der Waals surface area contributed by atoms with Crippen molar-refractivity contribution in [2.45, 2.75) is 6.92 Å². The molecule has 2 aromatic heterocycles. The van der Waals surface area contributed by atoms with Crippen molar-refractivity contribution in [2.75, 3.05) is 50.5 Å². The number of nitrogens with zero attached hydrogens (tertiary/aromatic N) is 4. The van der Waals surface area contributed by atoms with Gasteiger partial charge in [0.2, 0.25) is 0 Å². The molecular formula is C23H26N6O. The van der Waals surface area contributed by atoms with E-state index >= 15 is 0 Å². The van der Waals surface area contributed by atoms with E-state index in [9.17, 15) is 0 Å². The highest BCUT2D eigenvalue weighted by molar-refractivity contribution is 6.14. The third-order valence-electron chi connectivity index (χ3n) is 6.06. The number of pyridine rings is 1. The number of hydrogen-bond donors (Lipinski definition) is 2. The van der Waals surface area contributed by atoms with Gasteiger partial charge in [-0.2, -0.15) is 5.10 Å². The second kappa shape index (κ2) is 7.50. The first-order valence-corrected chi connectivity index (χ1v) is 10.4. The minimum Gasteiger partial charge on any atom is -0.497 e. The zero-order chi connectivity index (χ0) is 20.7. The summed E-state index contributed by atoms with van der Waals surface area (Å²) in [7, 11) is 1.65. The minimum atomic E-state index is 0.440. The van der Waals surface area contributed by atoms with E-state index in [1.807, 2.05) is 18.2 Å². The molecule has 154 valence electrons. The van der Waals surface area contributed by atoms with Crippen LogP contribution in [0.1, 0.15) is 6.92 Å². The first-order valence-electron chi connectivity index (χ1n) is 10.4. The van der Waals surface area contributed by atoms with Gasteiger partial charge in [0.15, 0.2) is 0 Å². The summed E-state index contributed by atoms with van der Waals surface area (Å²) < 4.78 is 5.34. The van der Waals surface area contributed by atoms with Crippen molar-refractivity contribution < 1.29 is 4.74 Å². The van der Waals surface area contributed by atoms with Crippen LogP contribution in [0.5, 0.6) is 5.75 Å². The van der Waals surface area contributed by atoms with Gasteiger partial charge in [-0.05, 0) is 30.8 Å². The number of aromatic nitrogens is 3. The van der Waals surface area contributed by atoms with Crippen molar-refractivity contribution in [1.29, 1.82) is 0 Å². The van der Waals surface area contributed by atoms with Gasteiger partial charge in [0.05, 0.1) is 12.6 Å². The first-order chi connectivity index (χ1) is 14.7. The second-order valence-corrected chi connectivity index (χ2v) is 7.67. The number of likely N-dealkylation sites (N-methyl/N-ethyl adjacent to an activating group) is 1.